The van der Waals surface area contributed by atoms with Gasteiger partial charge in [0, 0.05) is 0 Å². The van der Waals surface area contributed by atoms with Gasteiger partial charge in [0.2, 0.25) is 5.16 Å². The SMILES string of the molecule is c1ccc(C2Nn3cnnc3S2)cc1. The highest BCUT2D eigenvalue weighted by atomic mass is 32.2. The first kappa shape index (κ1) is 7.87. The van der Waals surface area contributed by atoms with Gasteiger partial charge in [0.15, 0.2) is 0 Å². The summed E-state index contributed by atoms with van der Waals surface area (Å²) in [7, 11) is 0. The lowest BCUT2D eigenvalue weighted by atomic mass is 10.2. The molecule has 0 spiro atoms. The first-order valence-electron chi connectivity index (χ1n) is 4.32. The Morgan fingerprint density at radius 3 is 2.93 bits per heavy atom. The molecule has 1 atom stereocenters. The maximum Gasteiger partial charge on any atom is 0.212 e. The second-order valence-corrected chi connectivity index (χ2v) is 4.09. The van der Waals surface area contributed by atoms with Crippen LogP contribution in [0, 0.1) is 0 Å². The smallest absolute Gasteiger partial charge is 0.212 e. The van der Waals surface area contributed by atoms with Crippen LogP contribution in [0.4, 0.5) is 0 Å². The molecule has 0 radical (unpaired) electrons. The molecule has 0 saturated heterocycles. The van der Waals surface area contributed by atoms with E-state index in [1.165, 1.54) is 5.56 Å². The van der Waals surface area contributed by atoms with Crippen LogP contribution in [0.1, 0.15) is 10.9 Å². The fourth-order valence-electron chi connectivity index (χ4n) is 1.42. The standard InChI is InChI=1S/C9H8N4S/c1-2-4-7(5-3-1)8-12-13-6-10-11-9(13)14-8/h1-6,8,12H. The average molecular weight is 204 g/mol. The maximum absolute atomic E-state index is 3.99. The van der Waals surface area contributed by atoms with Gasteiger partial charge >= 0.3 is 0 Å². The number of thioether (sulfide) groups is 1. The number of fused-ring (bicyclic) bond motifs is 1. The summed E-state index contributed by atoms with van der Waals surface area (Å²) in [6.07, 6.45) is 1.69. The number of nitrogens with one attached hydrogen (secondary N) is 1. The van der Waals surface area contributed by atoms with Gasteiger partial charge in [0.05, 0.1) is 0 Å². The van der Waals surface area contributed by atoms with E-state index in [9.17, 15) is 0 Å². The van der Waals surface area contributed by atoms with Gasteiger partial charge in [0.25, 0.3) is 0 Å². The lowest BCUT2D eigenvalue weighted by Crippen LogP contribution is -2.10. The Morgan fingerprint density at radius 2 is 2.14 bits per heavy atom. The van der Waals surface area contributed by atoms with Gasteiger partial charge < -0.3 is 5.43 Å². The van der Waals surface area contributed by atoms with E-state index in [1.54, 1.807) is 18.1 Å². The number of hydrogen-bond donors (Lipinski definition) is 1. The van der Waals surface area contributed by atoms with E-state index in [0.717, 1.165) is 5.16 Å². The highest BCUT2D eigenvalue weighted by molar-refractivity contribution is 7.99. The zero-order chi connectivity index (χ0) is 9.38. The third kappa shape index (κ3) is 1.17. The Kier molecular flexibility index (Phi) is 1.70. The molecule has 1 aliphatic rings. The van der Waals surface area contributed by atoms with Crippen LogP contribution in [-0.2, 0) is 0 Å². The van der Waals surface area contributed by atoms with Crippen molar-refractivity contribution < 1.29 is 0 Å². The van der Waals surface area contributed by atoms with Gasteiger partial charge in [-0.15, -0.1) is 10.2 Å². The molecule has 1 aliphatic heterocycles. The van der Waals surface area contributed by atoms with E-state index >= 15 is 0 Å². The number of nitrogens with zero attached hydrogens (tertiary/aromatic N) is 3. The van der Waals surface area contributed by atoms with E-state index in [-0.39, 0.29) is 5.37 Å². The second-order valence-electron chi connectivity index (χ2n) is 3.02. The molecule has 1 N–H and O–H groups in total. The number of benzene rings is 1. The van der Waals surface area contributed by atoms with E-state index in [4.69, 9.17) is 0 Å². The molecule has 0 bridgehead atoms. The van der Waals surface area contributed by atoms with Crippen molar-refractivity contribution in [1.82, 2.24) is 14.9 Å². The minimum Gasteiger partial charge on any atom is -0.304 e. The van der Waals surface area contributed by atoms with Crippen LogP contribution >= 0.6 is 11.8 Å². The number of hydrogen-bond acceptors (Lipinski definition) is 4. The number of aromatic nitrogens is 3. The summed E-state index contributed by atoms with van der Waals surface area (Å²) in [5, 5.41) is 8.95. The van der Waals surface area contributed by atoms with Crippen molar-refractivity contribution in [3.05, 3.63) is 42.2 Å². The van der Waals surface area contributed by atoms with Crippen LogP contribution in [0.15, 0.2) is 41.8 Å². The molecule has 1 aromatic heterocycles. The summed E-state index contributed by atoms with van der Waals surface area (Å²) < 4.78 is 1.85. The molecule has 0 aliphatic carbocycles. The summed E-state index contributed by atoms with van der Waals surface area (Å²) in [5.41, 5.74) is 4.54. The third-order valence-corrected chi connectivity index (χ3v) is 3.20. The van der Waals surface area contributed by atoms with Gasteiger partial charge in [-0.3, -0.25) is 0 Å². The van der Waals surface area contributed by atoms with E-state index in [1.807, 2.05) is 22.9 Å². The van der Waals surface area contributed by atoms with Gasteiger partial charge in [-0.1, -0.05) is 42.1 Å². The lowest BCUT2D eigenvalue weighted by molar-refractivity contribution is 0.787. The third-order valence-electron chi connectivity index (χ3n) is 2.10. The lowest BCUT2D eigenvalue weighted by Gasteiger charge is -2.09. The minimum absolute atomic E-state index is 0.252. The molecule has 2 aromatic rings. The van der Waals surface area contributed by atoms with Crippen LogP contribution in [0.3, 0.4) is 0 Å². The van der Waals surface area contributed by atoms with Gasteiger partial charge in [-0.25, -0.2) is 4.68 Å². The highest BCUT2D eigenvalue weighted by Crippen LogP contribution is 2.37. The molecular weight excluding hydrogens is 196 g/mol. The first-order chi connectivity index (χ1) is 6.93. The van der Waals surface area contributed by atoms with E-state index < -0.39 is 0 Å². The molecule has 14 heavy (non-hydrogen) atoms. The highest BCUT2D eigenvalue weighted by Gasteiger charge is 2.23. The van der Waals surface area contributed by atoms with Gasteiger partial charge in [0.1, 0.15) is 11.7 Å². The summed E-state index contributed by atoms with van der Waals surface area (Å²) in [6.45, 7) is 0. The van der Waals surface area contributed by atoms with Crippen molar-refractivity contribution in [1.29, 1.82) is 0 Å². The molecule has 5 heteroatoms. The fourth-order valence-corrected chi connectivity index (χ4v) is 2.40. The zero-order valence-electron chi connectivity index (χ0n) is 7.29. The Bertz CT molecular complexity index is 419. The van der Waals surface area contributed by atoms with Crippen LogP contribution in [0.25, 0.3) is 0 Å². The van der Waals surface area contributed by atoms with Crippen molar-refractivity contribution in [2.75, 3.05) is 5.43 Å². The monoisotopic (exact) mass is 204 g/mol. The molecule has 0 saturated carbocycles. The van der Waals surface area contributed by atoms with E-state index in [2.05, 4.69) is 27.8 Å². The summed E-state index contributed by atoms with van der Waals surface area (Å²) in [5.74, 6) is 0. The first-order valence-corrected chi connectivity index (χ1v) is 5.19. The predicted octanol–water partition coefficient (Wildman–Crippen LogP) is 1.63. The molecule has 0 amide bonds. The Balaban J connectivity index is 1.89. The fraction of sp³-hybridized carbons (Fsp3) is 0.111. The molecule has 70 valence electrons. The predicted molar refractivity (Wildman–Crippen MR) is 54.4 cm³/mol. The second kappa shape index (κ2) is 3.02. The van der Waals surface area contributed by atoms with Crippen LogP contribution in [0.2, 0.25) is 0 Å². The maximum atomic E-state index is 3.99. The zero-order valence-corrected chi connectivity index (χ0v) is 8.11. The summed E-state index contributed by atoms with van der Waals surface area (Å²) in [4.78, 5) is 0. The molecule has 1 unspecified atom stereocenters. The van der Waals surface area contributed by atoms with Crippen LogP contribution in [-0.4, -0.2) is 14.9 Å². The molecule has 0 fully saturated rings. The van der Waals surface area contributed by atoms with Gasteiger partial charge in [-0.05, 0) is 5.56 Å². The molecule has 4 nitrogen and oxygen atoms in total. The summed E-state index contributed by atoms with van der Waals surface area (Å²) >= 11 is 1.67. The molecule has 3 rings (SSSR count). The molecular formula is C9H8N4S. The quantitative estimate of drug-likeness (QED) is 0.766. The number of rotatable bonds is 1. The largest absolute Gasteiger partial charge is 0.304 e. The Hall–Kier alpha value is -1.49. The molecule has 2 heterocycles. The van der Waals surface area contributed by atoms with E-state index in [0.29, 0.717) is 0 Å². The summed E-state index contributed by atoms with van der Waals surface area (Å²) in [6, 6.07) is 10.3. The Morgan fingerprint density at radius 1 is 1.29 bits per heavy atom. The van der Waals surface area contributed by atoms with Crippen molar-refractivity contribution in [3.63, 3.8) is 0 Å². The average Bonchev–Trinajstić information content (AvgIpc) is 2.78. The van der Waals surface area contributed by atoms with Gasteiger partial charge in [-0.2, -0.15) is 0 Å². The topological polar surface area (TPSA) is 42.7 Å². The van der Waals surface area contributed by atoms with Crippen LogP contribution in [0.5, 0.6) is 0 Å². The Labute approximate surface area is 85.3 Å². The molecule has 1 aromatic carbocycles. The minimum atomic E-state index is 0.252. The van der Waals surface area contributed by atoms with Crippen molar-refractivity contribution in [2.45, 2.75) is 10.5 Å². The van der Waals surface area contributed by atoms with Crippen molar-refractivity contribution in [2.24, 2.45) is 0 Å². The van der Waals surface area contributed by atoms with Crippen molar-refractivity contribution in [3.8, 4) is 0 Å². The van der Waals surface area contributed by atoms with Crippen LogP contribution < -0.4 is 5.43 Å². The van der Waals surface area contributed by atoms with Crippen molar-refractivity contribution >= 4 is 11.8 Å². The normalized spacial score (nSPS) is 19.0.